The molecule has 1 aliphatic carbocycles. The number of carbonyl (C=O) groups excluding carboxylic acids is 1. The van der Waals surface area contributed by atoms with Crippen molar-refractivity contribution in [3.63, 3.8) is 0 Å². The van der Waals surface area contributed by atoms with Gasteiger partial charge in [-0.3, -0.25) is 9.69 Å². The monoisotopic (exact) mass is 429 g/mol. The number of ketones is 1. The van der Waals surface area contributed by atoms with Gasteiger partial charge in [0.05, 0.1) is 11.1 Å². The Morgan fingerprint density at radius 2 is 1.62 bits per heavy atom. The first-order chi connectivity index (χ1) is 15.4. The summed E-state index contributed by atoms with van der Waals surface area (Å²) < 4.78 is 2.02. The smallest absolute Gasteiger partial charge is 0.190 e. The summed E-state index contributed by atoms with van der Waals surface area (Å²) in [4.78, 5) is 16.5. The van der Waals surface area contributed by atoms with E-state index in [2.05, 4.69) is 68.4 Å². The highest BCUT2D eigenvalue weighted by atomic mass is 16.1. The van der Waals surface area contributed by atoms with Gasteiger partial charge >= 0.3 is 0 Å². The first kappa shape index (κ1) is 22.5. The number of para-hydroxylation sites is 1. The zero-order chi connectivity index (χ0) is 22.9. The van der Waals surface area contributed by atoms with Crippen LogP contribution in [0.3, 0.4) is 0 Å². The number of rotatable bonds is 7. The number of aromatic nitrogens is 1. The van der Waals surface area contributed by atoms with Gasteiger partial charge in [0.1, 0.15) is 0 Å². The lowest BCUT2D eigenvalue weighted by Crippen LogP contribution is -2.51. The summed E-state index contributed by atoms with van der Waals surface area (Å²) in [5.41, 5.74) is 2.89. The van der Waals surface area contributed by atoms with Crippen LogP contribution in [0, 0.1) is 10.8 Å². The Morgan fingerprint density at radius 1 is 1.00 bits per heavy atom. The molecular weight excluding hydrogens is 394 g/mol. The van der Waals surface area contributed by atoms with E-state index in [1.807, 2.05) is 29.8 Å². The molecule has 168 valence electrons. The minimum Gasteiger partial charge on any atom is -0.341 e. The summed E-state index contributed by atoms with van der Waals surface area (Å²) in [6, 6.07) is 20.8. The minimum atomic E-state index is -0.716. The standard InChI is InChI=1S/C28H35N3O/c1-5-11-25(29)27(26(32)24-20-21-12-9-10-15-23(21)31(24)4)16-18-28(19-17-27,30(2)3)22-13-7-6-8-14-22/h6-10,12-15,20,29H,5,11,16-19H2,1-4H3. The average molecular weight is 430 g/mol. The van der Waals surface area contributed by atoms with Crippen LogP contribution in [-0.2, 0) is 12.6 Å². The molecule has 0 atom stereocenters. The molecule has 4 rings (SSSR count). The highest BCUT2D eigenvalue weighted by molar-refractivity contribution is 6.16. The molecule has 0 unspecified atom stereocenters. The molecule has 1 N–H and O–H groups in total. The molecule has 0 aliphatic heterocycles. The van der Waals surface area contributed by atoms with Gasteiger partial charge in [-0.1, -0.05) is 61.9 Å². The van der Waals surface area contributed by atoms with Gasteiger partial charge in [0, 0.05) is 29.2 Å². The maximum atomic E-state index is 14.2. The van der Waals surface area contributed by atoms with Crippen molar-refractivity contribution in [3.8, 4) is 0 Å². The largest absolute Gasteiger partial charge is 0.341 e. The summed E-state index contributed by atoms with van der Waals surface area (Å²) in [6.07, 6.45) is 4.71. The van der Waals surface area contributed by atoms with Gasteiger partial charge in [-0.05, 0) is 63.9 Å². The normalized spacial score (nSPS) is 23.5. The van der Waals surface area contributed by atoms with E-state index in [1.165, 1.54) is 5.56 Å². The number of carbonyl (C=O) groups is 1. The van der Waals surface area contributed by atoms with E-state index in [-0.39, 0.29) is 11.3 Å². The van der Waals surface area contributed by atoms with Crippen molar-refractivity contribution in [1.82, 2.24) is 9.47 Å². The molecule has 1 aromatic heterocycles. The lowest BCUT2D eigenvalue weighted by atomic mass is 9.60. The quantitative estimate of drug-likeness (QED) is 0.359. The van der Waals surface area contributed by atoms with Crippen molar-refractivity contribution < 1.29 is 4.79 Å². The van der Waals surface area contributed by atoms with E-state index < -0.39 is 5.41 Å². The van der Waals surface area contributed by atoms with Crippen LogP contribution in [0.25, 0.3) is 10.9 Å². The third kappa shape index (κ3) is 3.51. The van der Waals surface area contributed by atoms with Gasteiger partial charge in [0.25, 0.3) is 0 Å². The molecule has 0 amide bonds. The highest BCUT2D eigenvalue weighted by Gasteiger charge is 2.51. The van der Waals surface area contributed by atoms with Crippen molar-refractivity contribution in [1.29, 1.82) is 5.41 Å². The second kappa shape index (κ2) is 8.67. The molecule has 0 radical (unpaired) electrons. The summed E-state index contributed by atoms with van der Waals surface area (Å²) in [6.45, 7) is 2.10. The predicted molar refractivity (Wildman–Crippen MR) is 133 cm³/mol. The molecule has 1 heterocycles. The Bertz CT molecular complexity index is 1120. The van der Waals surface area contributed by atoms with E-state index >= 15 is 0 Å². The zero-order valence-electron chi connectivity index (χ0n) is 19.8. The van der Waals surface area contributed by atoms with Crippen LogP contribution in [0.4, 0.5) is 0 Å². The second-order valence-corrected chi connectivity index (χ2v) is 9.58. The van der Waals surface area contributed by atoms with Crippen LogP contribution in [0.1, 0.15) is 61.5 Å². The van der Waals surface area contributed by atoms with Gasteiger partial charge in [-0.25, -0.2) is 0 Å². The van der Waals surface area contributed by atoms with Gasteiger partial charge in [-0.15, -0.1) is 0 Å². The number of nitrogens with zero attached hydrogens (tertiary/aromatic N) is 2. The van der Waals surface area contributed by atoms with Crippen molar-refractivity contribution in [2.75, 3.05) is 14.1 Å². The van der Waals surface area contributed by atoms with Crippen molar-refractivity contribution >= 4 is 22.4 Å². The fourth-order valence-corrected chi connectivity index (χ4v) is 5.74. The molecule has 0 bridgehead atoms. The molecule has 0 spiro atoms. The number of fused-ring (bicyclic) bond motifs is 1. The Morgan fingerprint density at radius 3 is 2.22 bits per heavy atom. The maximum Gasteiger partial charge on any atom is 0.190 e. The number of nitrogens with one attached hydrogen (secondary N) is 1. The van der Waals surface area contributed by atoms with Crippen molar-refractivity contribution in [2.45, 2.75) is 51.0 Å². The summed E-state index contributed by atoms with van der Waals surface area (Å²) >= 11 is 0. The van der Waals surface area contributed by atoms with Crippen LogP contribution in [0.5, 0.6) is 0 Å². The molecule has 1 fully saturated rings. The SMILES string of the molecule is CCCC(=N)C1(C(=O)c2cc3ccccc3n2C)CCC(c2ccccc2)(N(C)C)CC1. The van der Waals surface area contributed by atoms with Crippen molar-refractivity contribution in [2.24, 2.45) is 12.5 Å². The highest BCUT2D eigenvalue weighted by Crippen LogP contribution is 2.50. The zero-order valence-corrected chi connectivity index (χ0v) is 19.8. The third-order valence-corrected chi connectivity index (χ3v) is 7.79. The molecule has 4 nitrogen and oxygen atoms in total. The maximum absolute atomic E-state index is 14.2. The summed E-state index contributed by atoms with van der Waals surface area (Å²) in [5, 5.41) is 10.1. The number of hydrogen-bond donors (Lipinski definition) is 1. The first-order valence-electron chi connectivity index (χ1n) is 11.8. The lowest BCUT2D eigenvalue weighted by molar-refractivity contribution is 0.0491. The fourth-order valence-electron chi connectivity index (χ4n) is 5.74. The number of Topliss-reactive ketones (excluding diaryl/α,β-unsaturated/α-hetero) is 1. The van der Waals surface area contributed by atoms with Crippen LogP contribution in [0.2, 0.25) is 0 Å². The van der Waals surface area contributed by atoms with Gasteiger partial charge in [0.2, 0.25) is 0 Å². The van der Waals surface area contributed by atoms with E-state index in [9.17, 15) is 4.79 Å². The minimum absolute atomic E-state index is 0.101. The molecule has 32 heavy (non-hydrogen) atoms. The van der Waals surface area contributed by atoms with E-state index in [1.54, 1.807) is 0 Å². The molecule has 4 heteroatoms. The summed E-state index contributed by atoms with van der Waals surface area (Å²) in [7, 11) is 6.26. The first-order valence-corrected chi connectivity index (χ1v) is 11.8. The van der Waals surface area contributed by atoms with Gasteiger partial charge in [-0.2, -0.15) is 0 Å². The molecular formula is C28H35N3O. The third-order valence-electron chi connectivity index (χ3n) is 7.79. The molecule has 0 saturated heterocycles. The Kier molecular flexibility index (Phi) is 6.09. The summed E-state index contributed by atoms with van der Waals surface area (Å²) in [5.74, 6) is 0.120. The Labute approximate surface area is 191 Å². The van der Waals surface area contributed by atoms with Crippen LogP contribution in [-0.4, -0.2) is 35.1 Å². The molecule has 1 saturated carbocycles. The predicted octanol–water partition coefficient (Wildman–Crippen LogP) is 6.20. The van der Waals surface area contributed by atoms with E-state index in [0.29, 0.717) is 25.0 Å². The van der Waals surface area contributed by atoms with E-state index in [4.69, 9.17) is 5.41 Å². The topological polar surface area (TPSA) is 49.1 Å². The van der Waals surface area contributed by atoms with Crippen LogP contribution in [0.15, 0.2) is 60.7 Å². The number of aryl methyl sites for hydroxylation is 1. The Balaban J connectivity index is 1.75. The van der Waals surface area contributed by atoms with Gasteiger partial charge in [0.15, 0.2) is 5.78 Å². The average Bonchev–Trinajstić information content (AvgIpc) is 3.15. The molecule has 1 aliphatic rings. The number of benzene rings is 2. The van der Waals surface area contributed by atoms with Crippen LogP contribution >= 0.6 is 0 Å². The van der Waals surface area contributed by atoms with E-state index in [0.717, 1.165) is 35.9 Å². The molecule has 2 aromatic carbocycles. The Hall–Kier alpha value is -2.72. The van der Waals surface area contributed by atoms with Gasteiger partial charge < -0.3 is 9.98 Å². The van der Waals surface area contributed by atoms with Crippen LogP contribution < -0.4 is 0 Å². The fraction of sp³-hybridized carbons (Fsp3) is 0.429. The molecule has 3 aromatic rings. The lowest BCUT2D eigenvalue weighted by Gasteiger charge is -2.49. The van der Waals surface area contributed by atoms with Crippen molar-refractivity contribution in [3.05, 3.63) is 71.9 Å². The second-order valence-electron chi connectivity index (χ2n) is 9.58. The number of hydrogen-bond acceptors (Lipinski definition) is 3.